The number of nitrogens with zero attached hydrogens (tertiary/aromatic N) is 2. The standard InChI is InChI=1S/C24H19F2N3O2S/c1-15(30)17-10-7-11-18(14-17)27-22(31)21(16-8-3-2-4-9-16)32-24-28-19-12-5-6-13-20(19)29(24)23(25)26/h2-14,21,23H,1H3,(H,27,31). The third-order valence-corrected chi connectivity index (χ3v) is 6.08. The number of imidazole rings is 1. The van der Waals surface area contributed by atoms with Gasteiger partial charge in [0.05, 0.1) is 11.0 Å². The van der Waals surface area contributed by atoms with Crippen molar-refractivity contribution in [2.75, 3.05) is 5.32 Å². The first kappa shape index (κ1) is 21.7. The van der Waals surface area contributed by atoms with E-state index in [-0.39, 0.29) is 10.9 Å². The van der Waals surface area contributed by atoms with Gasteiger partial charge in [0.1, 0.15) is 5.25 Å². The smallest absolute Gasteiger partial charge is 0.321 e. The second-order valence-electron chi connectivity index (χ2n) is 7.07. The normalized spacial score (nSPS) is 12.1. The maximum Gasteiger partial charge on any atom is 0.321 e. The zero-order valence-electron chi connectivity index (χ0n) is 17.0. The molecule has 3 aromatic carbocycles. The molecule has 5 nitrogen and oxygen atoms in total. The molecule has 0 saturated heterocycles. The Hall–Kier alpha value is -3.52. The molecule has 1 N–H and O–H groups in total. The molecule has 0 bridgehead atoms. The fourth-order valence-corrected chi connectivity index (χ4v) is 4.44. The van der Waals surface area contributed by atoms with Crippen LogP contribution in [0.3, 0.4) is 0 Å². The lowest BCUT2D eigenvalue weighted by Gasteiger charge is -2.17. The van der Waals surface area contributed by atoms with E-state index in [9.17, 15) is 18.4 Å². The van der Waals surface area contributed by atoms with Gasteiger partial charge in [-0.3, -0.25) is 14.2 Å². The number of para-hydroxylation sites is 2. The molecule has 0 saturated carbocycles. The highest BCUT2D eigenvalue weighted by atomic mass is 32.2. The SMILES string of the molecule is CC(=O)c1cccc(NC(=O)C(Sc2nc3ccccc3n2C(F)F)c2ccccc2)c1. The van der Waals surface area contributed by atoms with Crippen LogP contribution in [0.1, 0.15) is 34.6 Å². The number of ketones is 1. The topological polar surface area (TPSA) is 64.0 Å². The third-order valence-electron chi connectivity index (χ3n) is 4.86. The first-order chi connectivity index (χ1) is 15.4. The van der Waals surface area contributed by atoms with E-state index in [2.05, 4.69) is 10.3 Å². The van der Waals surface area contributed by atoms with Gasteiger partial charge in [0, 0.05) is 11.3 Å². The van der Waals surface area contributed by atoms with E-state index >= 15 is 0 Å². The Morgan fingerprint density at radius 1 is 0.969 bits per heavy atom. The maximum atomic E-state index is 13.9. The summed E-state index contributed by atoms with van der Waals surface area (Å²) in [5.41, 5.74) is 2.28. The van der Waals surface area contributed by atoms with Crippen molar-refractivity contribution in [2.24, 2.45) is 0 Å². The first-order valence-corrected chi connectivity index (χ1v) is 10.7. The van der Waals surface area contributed by atoms with Gasteiger partial charge in [0.25, 0.3) is 0 Å². The lowest BCUT2D eigenvalue weighted by atomic mass is 10.1. The van der Waals surface area contributed by atoms with Gasteiger partial charge in [-0.2, -0.15) is 8.78 Å². The zero-order valence-corrected chi connectivity index (χ0v) is 17.9. The summed E-state index contributed by atoms with van der Waals surface area (Å²) >= 11 is 0.953. The van der Waals surface area contributed by atoms with E-state index in [4.69, 9.17) is 0 Å². The van der Waals surface area contributed by atoms with E-state index in [1.807, 2.05) is 6.07 Å². The van der Waals surface area contributed by atoms with Crippen LogP contribution in [0, 0.1) is 0 Å². The van der Waals surface area contributed by atoms with Crippen molar-refractivity contribution in [3.63, 3.8) is 0 Å². The molecular weight excluding hydrogens is 432 g/mol. The number of hydrogen-bond donors (Lipinski definition) is 1. The number of fused-ring (bicyclic) bond motifs is 1. The number of amides is 1. The highest BCUT2D eigenvalue weighted by molar-refractivity contribution is 8.00. The molecule has 1 unspecified atom stereocenters. The minimum absolute atomic E-state index is 0.0442. The van der Waals surface area contributed by atoms with Crippen LogP contribution in [0.15, 0.2) is 84.0 Å². The fourth-order valence-electron chi connectivity index (χ4n) is 3.32. The van der Waals surface area contributed by atoms with Crippen molar-refractivity contribution in [3.05, 3.63) is 90.0 Å². The highest BCUT2D eigenvalue weighted by Crippen LogP contribution is 2.39. The minimum Gasteiger partial charge on any atom is -0.325 e. The Morgan fingerprint density at radius 3 is 2.41 bits per heavy atom. The van der Waals surface area contributed by atoms with Crippen LogP contribution in [0.25, 0.3) is 11.0 Å². The van der Waals surface area contributed by atoms with Crippen molar-refractivity contribution >= 4 is 40.2 Å². The second kappa shape index (κ2) is 9.32. The Balaban J connectivity index is 1.70. The molecule has 1 aromatic heterocycles. The molecule has 4 aromatic rings. The summed E-state index contributed by atoms with van der Waals surface area (Å²) in [4.78, 5) is 29.3. The van der Waals surface area contributed by atoms with Crippen LogP contribution < -0.4 is 5.32 Å². The number of nitrogens with one attached hydrogen (secondary N) is 1. The van der Waals surface area contributed by atoms with Crippen molar-refractivity contribution in [3.8, 4) is 0 Å². The number of anilines is 1. The number of hydrogen-bond acceptors (Lipinski definition) is 4. The average molecular weight is 451 g/mol. The van der Waals surface area contributed by atoms with Crippen LogP contribution in [0.2, 0.25) is 0 Å². The van der Waals surface area contributed by atoms with Gasteiger partial charge < -0.3 is 5.32 Å². The molecular formula is C24H19F2N3O2S. The number of carbonyl (C=O) groups excluding carboxylic acids is 2. The summed E-state index contributed by atoms with van der Waals surface area (Å²) in [6.45, 7) is -1.37. The fraction of sp³-hybridized carbons (Fsp3) is 0.125. The van der Waals surface area contributed by atoms with Crippen molar-refractivity contribution < 1.29 is 18.4 Å². The number of carbonyl (C=O) groups is 2. The Labute approximate surface area is 187 Å². The predicted octanol–water partition coefficient (Wildman–Crippen LogP) is 6.11. The molecule has 0 radical (unpaired) electrons. The summed E-state index contributed by atoms with van der Waals surface area (Å²) < 4.78 is 28.6. The van der Waals surface area contributed by atoms with E-state index < -0.39 is 17.7 Å². The number of halogens is 2. The first-order valence-electron chi connectivity index (χ1n) is 9.82. The molecule has 0 spiro atoms. The number of alkyl halides is 2. The van der Waals surface area contributed by atoms with Gasteiger partial charge in [0.15, 0.2) is 10.9 Å². The van der Waals surface area contributed by atoms with Gasteiger partial charge in [0.2, 0.25) is 5.91 Å². The van der Waals surface area contributed by atoms with E-state index in [0.717, 1.165) is 16.3 Å². The molecule has 0 aliphatic carbocycles. The maximum absolute atomic E-state index is 13.9. The van der Waals surface area contributed by atoms with Gasteiger partial charge in [-0.25, -0.2) is 4.98 Å². The molecule has 1 heterocycles. The van der Waals surface area contributed by atoms with Gasteiger partial charge in [-0.05, 0) is 36.8 Å². The number of benzene rings is 3. The predicted molar refractivity (Wildman–Crippen MR) is 121 cm³/mol. The highest BCUT2D eigenvalue weighted by Gasteiger charge is 2.27. The van der Waals surface area contributed by atoms with Crippen LogP contribution in [-0.2, 0) is 4.79 Å². The Morgan fingerprint density at radius 2 is 1.69 bits per heavy atom. The summed E-state index contributed by atoms with van der Waals surface area (Å²) in [5, 5.41) is 2.00. The van der Waals surface area contributed by atoms with Crippen molar-refractivity contribution in [1.82, 2.24) is 9.55 Å². The van der Waals surface area contributed by atoms with Crippen LogP contribution in [0.4, 0.5) is 14.5 Å². The minimum atomic E-state index is -2.81. The Kier molecular flexibility index (Phi) is 6.32. The van der Waals surface area contributed by atoms with E-state index in [1.165, 1.54) is 6.92 Å². The summed E-state index contributed by atoms with van der Waals surface area (Å²) in [7, 11) is 0. The largest absolute Gasteiger partial charge is 0.325 e. The molecule has 8 heteroatoms. The Bertz CT molecular complexity index is 1270. The summed E-state index contributed by atoms with van der Waals surface area (Å²) in [6.07, 6.45) is 0. The van der Waals surface area contributed by atoms with E-state index in [0.29, 0.717) is 27.8 Å². The van der Waals surface area contributed by atoms with Gasteiger partial charge in [-0.1, -0.05) is 66.4 Å². The third kappa shape index (κ3) is 4.55. The van der Waals surface area contributed by atoms with Crippen molar-refractivity contribution in [2.45, 2.75) is 23.9 Å². The number of thioether (sulfide) groups is 1. The molecule has 4 rings (SSSR count). The van der Waals surface area contributed by atoms with Crippen LogP contribution in [0.5, 0.6) is 0 Å². The zero-order chi connectivity index (χ0) is 22.7. The summed E-state index contributed by atoms with van der Waals surface area (Å²) in [6, 6.07) is 22.1. The second-order valence-corrected chi connectivity index (χ2v) is 8.14. The van der Waals surface area contributed by atoms with Crippen LogP contribution in [-0.4, -0.2) is 21.2 Å². The van der Waals surface area contributed by atoms with Crippen molar-refractivity contribution in [1.29, 1.82) is 0 Å². The van der Waals surface area contributed by atoms with Gasteiger partial charge >= 0.3 is 6.55 Å². The summed E-state index contributed by atoms with van der Waals surface area (Å²) in [5.74, 6) is -0.532. The molecule has 1 atom stereocenters. The molecule has 1 amide bonds. The van der Waals surface area contributed by atoms with E-state index in [1.54, 1.807) is 72.8 Å². The quantitative estimate of drug-likeness (QED) is 0.272. The molecule has 32 heavy (non-hydrogen) atoms. The van der Waals surface area contributed by atoms with Crippen LogP contribution >= 0.6 is 11.8 Å². The monoisotopic (exact) mass is 451 g/mol. The molecule has 162 valence electrons. The lowest BCUT2D eigenvalue weighted by molar-refractivity contribution is -0.115. The van der Waals surface area contributed by atoms with Gasteiger partial charge in [-0.15, -0.1) is 0 Å². The average Bonchev–Trinajstić information content (AvgIpc) is 3.16. The molecule has 0 aliphatic heterocycles. The number of Topliss-reactive ketones (excluding diaryl/α,β-unsaturated/α-hetero) is 1. The number of rotatable bonds is 7. The molecule has 0 fully saturated rings. The molecule has 0 aliphatic rings. The number of aromatic nitrogens is 2. The lowest BCUT2D eigenvalue weighted by Crippen LogP contribution is -2.20.